The molecule has 21 heavy (non-hydrogen) atoms. The molecule has 1 heterocycles. The second kappa shape index (κ2) is 7.25. The van der Waals surface area contributed by atoms with Gasteiger partial charge in [0.1, 0.15) is 0 Å². The van der Waals surface area contributed by atoms with Crippen LogP contribution < -0.4 is 10.6 Å². The molecule has 3 N–H and O–H groups in total. The number of aliphatic hydroxyl groups excluding tert-OH is 1. The summed E-state index contributed by atoms with van der Waals surface area (Å²) in [6.07, 6.45) is -0.652. The van der Waals surface area contributed by atoms with Crippen LogP contribution in [0.2, 0.25) is 0 Å². The van der Waals surface area contributed by atoms with Crippen LogP contribution in [0, 0.1) is 5.92 Å². The average Bonchev–Trinajstić information content (AvgIpc) is 2.33. The number of carbonyl (C=O) groups excluding carboxylic acids is 1. The topological polar surface area (TPSA) is 61.4 Å². The molecule has 4 nitrogen and oxygen atoms in total. The molecule has 1 unspecified atom stereocenters. The third-order valence-electron chi connectivity index (χ3n) is 3.78. The minimum absolute atomic E-state index is 0. The van der Waals surface area contributed by atoms with Gasteiger partial charge in [-0.1, -0.05) is 45.0 Å². The molecular formula is C16H25ClN2O2. The van der Waals surface area contributed by atoms with E-state index in [0.717, 1.165) is 18.7 Å². The van der Waals surface area contributed by atoms with Gasteiger partial charge >= 0.3 is 0 Å². The summed E-state index contributed by atoms with van der Waals surface area (Å²) >= 11 is 0. The second-order valence-corrected chi connectivity index (χ2v) is 6.49. The van der Waals surface area contributed by atoms with Gasteiger partial charge in [0.2, 0.25) is 5.91 Å². The Morgan fingerprint density at radius 3 is 2.33 bits per heavy atom. The molecule has 118 valence electrons. The van der Waals surface area contributed by atoms with Crippen LogP contribution in [0.25, 0.3) is 0 Å². The Hall–Kier alpha value is -1.10. The van der Waals surface area contributed by atoms with Crippen molar-refractivity contribution in [2.24, 2.45) is 5.92 Å². The lowest BCUT2D eigenvalue weighted by Gasteiger charge is -2.26. The Morgan fingerprint density at radius 2 is 1.90 bits per heavy atom. The van der Waals surface area contributed by atoms with Gasteiger partial charge in [-0.3, -0.25) is 4.79 Å². The van der Waals surface area contributed by atoms with Crippen LogP contribution in [0.4, 0.5) is 0 Å². The number of aliphatic hydroxyl groups is 1. The van der Waals surface area contributed by atoms with E-state index in [4.69, 9.17) is 0 Å². The maximum Gasteiger partial charge on any atom is 0.225 e. The molecule has 1 atom stereocenters. The van der Waals surface area contributed by atoms with Gasteiger partial charge in [0, 0.05) is 19.6 Å². The van der Waals surface area contributed by atoms with E-state index in [1.807, 2.05) is 24.3 Å². The number of halogens is 1. The summed E-state index contributed by atoms with van der Waals surface area (Å²) in [5.74, 6) is 0.0829. The molecule has 0 spiro atoms. The Balaban J connectivity index is 0.00000220. The lowest BCUT2D eigenvalue weighted by atomic mass is 9.86. The first-order valence-electron chi connectivity index (χ1n) is 7.15. The summed E-state index contributed by atoms with van der Waals surface area (Å²) in [7, 11) is 0. The van der Waals surface area contributed by atoms with Crippen molar-refractivity contribution in [3.05, 3.63) is 35.4 Å². The number of rotatable bonds is 4. The second-order valence-electron chi connectivity index (χ2n) is 6.49. The molecule has 1 aliphatic heterocycles. The van der Waals surface area contributed by atoms with Crippen molar-refractivity contribution in [2.75, 3.05) is 19.6 Å². The lowest BCUT2D eigenvalue weighted by molar-refractivity contribution is -0.126. The van der Waals surface area contributed by atoms with Crippen LogP contribution in [-0.2, 0) is 10.2 Å². The molecule has 1 aliphatic rings. The van der Waals surface area contributed by atoms with E-state index < -0.39 is 6.10 Å². The number of hydrogen-bond donors (Lipinski definition) is 3. The van der Waals surface area contributed by atoms with Crippen LogP contribution in [-0.4, -0.2) is 30.6 Å². The molecule has 0 bridgehead atoms. The molecule has 0 radical (unpaired) electrons. The molecule has 0 aliphatic carbocycles. The van der Waals surface area contributed by atoms with E-state index in [0.29, 0.717) is 0 Å². The largest absolute Gasteiger partial charge is 0.387 e. The monoisotopic (exact) mass is 312 g/mol. The Bertz CT molecular complexity index is 464. The number of hydrogen-bond acceptors (Lipinski definition) is 3. The summed E-state index contributed by atoms with van der Waals surface area (Å²) in [5.41, 5.74) is 2.18. The van der Waals surface area contributed by atoms with Gasteiger partial charge in [-0.2, -0.15) is 0 Å². The van der Waals surface area contributed by atoms with Crippen LogP contribution in [0.5, 0.6) is 0 Å². The fraction of sp³-hybridized carbons (Fsp3) is 0.562. The minimum Gasteiger partial charge on any atom is -0.387 e. The predicted molar refractivity (Wildman–Crippen MR) is 86.7 cm³/mol. The summed E-state index contributed by atoms with van der Waals surface area (Å²) in [6, 6.07) is 7.94. The first-order valence-corrected chi connectivity index (χ1v) is 7.15. The standard InChI is InChI=1S/C16H24N2O2.ClH/c1-16(2,3)13-6-4-11(5-7-13)14(19)10-18-15(20)12-8-17-9-12;/h4-7,12,14,17,19H,8-10H2,1-3H3,(H,18,20);1H. The SMILES string of the molecule is CC(C)(C)c1ccc(C(O)CNC(=O)C2CNC2)cc1.Cl. The maximum atomic E-state index is 11.7. The Labute approximate surface area is 132 Å². The highest BCUT2D eigenvalue weighted by molar-refractivity contribution is 5.85. The van der Waals surface area contributed by atoms with Crippen molar-refractivity contribution >= 4 is 18.3 Å². The number of nitrogens with one attached hydrogen (secondary N) is 2. The van der Waals surface area contributed by atoms with E-state index >= 15 is 0 Å². The fourth-order valence-corrected chi connectivity index (χ4v) is 2.14. The quantitative estimate of drug-likeness (QED) is 0.794. The average molecular weight is 313 g/mol. The molecular weight excluding hydrogens is 288 g/mol. The van der Waals surface area contributed by atoms with Crippen LogP contribution in [0.3, 0.4) is 0 Å². The van der Waals surface area contributed by atoms with Crippen molar-refractivity contribution in [2.45, 2.75) is 32.3 Å². The van der Waals surface area contributed by atoms with Crippen molar-refractivity contribution < 1.29 is 9.90 Å². The molecule has 0 aromatic heterocycles. The molecule has 1 aromatic carbocycles. The van der Waals surface area contributed by atoms with Gasteiger partial charge in [-0.15, -0.1) is 12.4 Å². The third-order valence-corrected chi connectivity index (χ3v) is 3.78. The van der Waals surface area contributed by atoms with E-state index in [2.05, 4.69) is 31.4 Å². The Kier molecular flexibility index (Phi) is 6.20. The molecule has 2 rings (SSSR count). The van der Waals surface area contributed by atoms with Gasteiger partial charge in [-0.25, -0.2) is 0 Å². The normalized spacial score (nSPS) is 16.6. The molecule has 0 saturated carbocycles. The first-order chi connectivity index (χ1) is 9.38. The van der Waals surface area contributed by atoms with Crippen LogP contribution >= 0.6 is 12.4 Å². The van der Waals surface area contributed by atoms with E-state index in [-0.39, 0.29) is 36.2 Å². The minimum atomic E-state index is -0.652. The summed E-state index contributed by atoms with van der Waals surface area (Å²) in [4.78, 5) is 11.7. The van der Waals surface area contributed by atoms with Gasteiger partial charge in [0.05, 0.1) is 12.0 Å². The molecule has 1 amide bonds. The zero-order valence-corrected chi connectivity index (χ0v) is 13.7. The van der Waals surface area contributed by atoms with Crippen molar-refractivity contribution in [1.82, 2.24) is 10.6 Å². The highest BCUT2D eigenvalue weighted by atomic mass is 35.5. The van der Waals surface area contributed by atoms with E-state index in [1.54, 1.807) is 0 Å². The Morgan fingerprint density at radius 1 is 1.33 bits per heavy atom. The zero-order valence-electron chi connectivity index (χ0n) is 12.8. The summed E-state index contributed by atoms with van der Waals surface area (Å²) < 4.78 is 0. The number of amides is 1. The summed E-state index contributed by atoms with van der Waals surface area (Å²) in [6.45, 7) is 8.22. The van der Waals surface area contributed by atoms with Crippen molar-refractivity contribution in [3.63, 3.8) is 0 Å². The van der Waals surface area contributed by atoms with Gasteiger partial charge in [0.25, 0.3) is 0 Å². The maximum absolute atomic E-state index is 11.7. The highest BCUT2D eigenvalue weighted by Gasteiger charge is 2.25. The van der Waals surface area contributed by atoms with Crippen molar-refractivity contribution in [3.8, 4) is 0 Å². The highest BCUT2D eigenvalue weighted by Crippen LogP contribution is 2.23. The number of carbonyl (C=O) groups is 1. The van der Waals surface area contributed by atoms with Gasteiger partial charge < -0.3 is 15.7 Å². The molecule has 1 aromatic rings. The fourth-order valence-electron chi connectivity index (χ4n) is 2.14. The van der Waals surface area contributed by atoms with E-state index in [1.165, 1.54) is 5.56 Å². The summed E-state index contributed by atoms with van der Waals surface area (Å²) in [5, 5.41) is 16.0. The smallest absolute Gasteiger partial charge is 0.225 e. The van der Waals surface area contributed by atoms with Crippen molar-refractivity contribution in [1.29, 1.82) is 0 Å². The van der Waals surface area contributed by atoms with Gasteiger partial charge in [0.15, 0.2) is 0 Å². The first kappa shape index (κ1) is 18.0. The van der Waals surface area contributed by atoms with Gasteiger partial charge in [-0.05, 0) is 16.5 Å². The molecule has 5 heteroatoms. The number of benzene rings is 1. The third kappa shape index (κ3) is 4.70. The predicted octanol–water partition coefficient (Wildman–Crippen LogP) is 1.77. The zero-order chi connectivity index (χ0) is 14.8. The molecule has 1 saturated heterocycles. The van der Waals surface area contributed by atoms with Crippen LogP contribution in [0.1, 0.15) is 38.0 Å². The van der Waals surface area contributed by atoms with E-state index in [9.17, 15) is 9.90 Å². The van der Waals surface area contributed by atoms with Crippen LogP contribution in [0.15, 0.2) is 24.3 Å². The lowest BCUT2D eigenvalue weighted by Crippen LogP contribution is -2.51. The molecule has 1 fully saturated rings.